The van der Waals surface area contributed by atoms with Gasteiger partial charge in [-0.1, -0.05) is 6.07 Å². The highest BCUT2D eigenvalue weighted by atomic mass is 32.1. The number of amides is 1. The number of aryl methyl sites for hydroxylation is 1. The van der Waals surface area contributed by atoms with E-state index < -0.39 is 0 Å². The Hall–Kier alpha value is -1.92. The highest BCUT2D eigenvalue weighted by Gasteiger charge is 2.30. The molecule has 23 heavy (non-hydrogen) atoms. The maximum absolute atomic E-state index is 12.5. The van der Waals surface area contributed by atoms with Crippen LogP contribution >= 0.6 is 11.3 Å². The molecule has 1 atom stereocenters. The summed E-state index contributed by atoms with van der Waals surface area (Å²) in [7, 11) is 2.00. The van der Waals surface area contributed by atoms with Crippen LogP contribution in [0.2, 0.25) is 0 Å². The molecule has 0 fully saturated rings. The van der Waals surface area contributed by atoms with Crippen molar-refractivity contribution in [3.05, 3.63) is 46.2 Å². The van der Waals surface area contributed by atoms with Crippen molar-refractivity contribution in [2.45, 2.75) is 19.4 Å². The number of imidazole rings is 1. The minimum atomic E-state index is 0.0243. The Morgan fingerprint density at radius 3 is 3.17 bits per heavy atom. The van der Waals surface area contributed by atoms with E-state index in [1.807, 2.05) is 53.4 Å². The Labute approximate surface area is 140 Å². The molecule has 3 rings (SSSR count). The van der Waals surface area contributed by atoms with E-state index in [0.717, 1.165) is 10.6 Å². The minimum Gasteiger partial charge on any atom is -0.381 e. The summed E-state index contributed by atoms with van der Waals surface area (Å²) < 4.78 is 7.65. The first kappa shape index (κ1) is 16.0. The van der Waals surface area contributed by atoms with Crippen LogP contribution in [0, 0.1) is 0 Å². The van der Waals surface area contributed by atoms with E-state index >= 15 is 0 Å². The molecule has 122 valence electrons. The van der Waals surface area contributed by atoms with E-state index in [2.05, 4.69) is 4.98 Å². The third kappa shape index (κ3) is 3.54. The van der Waals surface area contributed by atoms with Gasteiger partial charge in [0.05, 0.1) is 25.2 Å². The van der Waals surface area contributed by atoms with E-state index in [9.17, 15) is 4.79 Å². The molecule has 1 aliphatic heterocycles. The molecule has 0 saturated carbocycles. The molecule has 1 aliphatic rings. The molecule has 0 aliphatic carbocycles. The summed E-state index contributed by atoms with van der Waals surface area (Å²) >= 11 is 1.62. The number of aromatic nitrogens is 2. The number of fused-ring (bicyclic) bond motifs is 1. The van der Waals surface area contributed by atoms with Gasteiger partial charge in [0.15, 0.2) is 0 Å². The molecular weight excluding hydrogens is 310 g/mol. The van der Waals surface area contributed by atoms with Crippen molar-refractivity contribution in [1.29, 1.82) is 0 Å². The summed E-state index contributed by atoms with van der Waals surface area (Å²) in [6.45, 7) is 4.50. The first-order chi connectivity index (χ1) is 11.2. The number of carbonyl (C=O) groups excluding carboxylic acids is 1. The molecule has 0 bridgehead atoms. The lowest BCUT2D eigenvalue weighted by Crippen LogP contribution is -2.39. The van der Waals surface area contributed by atoms with Crippen LogP contribution in [0.1, 0.15) is 29.1 Å². The third-order valence-corrected chi connectivity index (χ3v) is 4.84. The number of carbonyl (C=O) groups is 1. The molecule has 2 aromatic heterocycles. The number of nitrogens with zero attached hydrogens (tertiary/aromatic N) is 3. The van der Waals surface area contributed by atoms with Crippen LogP contribution in [0.3, 0.4) is 0 Å². The van der Waals surface area contributed by atoms with E-state index in [1.54, 1.807) is 17.4 Å². The number of hydrogen-bond donors (Lipinski definition) is 0. The summed E-state index contributed by atoms with van der Waals surface area (Å²) in [6, 6.07) is 3.98. The Kier molecular flexibility index (Phi) is 4.93. The maximum atomic E-state index is 12.5. The molecule has 0 saturated heterocycles. The number of rotatable bonds is 5. The molecule has 0 N–H and O–H groups in total. The van der Waals surface area contributed by atoms with Gasteiger partial charge in [0.1, 0.15) is 0 Å². The molecule has 6 heteroatoms. The molecule has 5 nitrogen and oxygen atoms in total. The van der Waals surface area contributed by atoms with Crippen molar-refractivity contribution in [3.63, 3.8) is 0 Å². The van der Waals surface area contributed by atoms with Crippen molar-refractivity contribution in [2.24, 2.45) is 7.05 Å². The number of ether oxygens (including phenoxy) is 1. The molecule has 0 aromatic carbocycles. The molecule has 1 unspecified atom stereocenters. The van der Waals surface area contributed by atoms with Gasteiger partial charge in [0, 0.05) is 42.8 Å². The van der Waals surface area contributed by atoms with Gasteiger partial charge in [0.25, 0.3) is 0 Å². The largest absolute Gasteiger partial charge is 0.381 e. The van der Waals surface area contributed by atoms with Crippen LogP contribution in [0.25, 0.3) is 6.08 Å². The monoisotopic (exact) mass is 331 g/mol. The van der Waals surface area contributed by atoms with E-state index in [-0.39, 0.29) is 11.8 Å². The first-order valence-electron chi connectivity index (χ1n) is 7.77. The van der Waals surface area contributed by atoms with Crippen LogP contribution in [-0.2, 0) is 23.1 Å². The lowest BCUT2D eigenvalue weighted by molar-refractivity contribution is -0.127. The fourth-order valence-corrected chi connectivity index (χ4v) is 3.55. The second-order valence-electron chi connectivity index (χ2n) is 5.61. The van der Waals surface area contributed by atoms with E-state index in [1.165, 1.54) is 5.69 Å². The van der Waals surface area contributed by atoms with Crippen molar-refractivity contribution in [2.75, 3.05) is 19.8 Å². The molecule has 2 aromatic rings. The highest BCUT2D eigenvalue weighted by molar-refractivity contribution is 7.10. The summed E-state index contributed by atoms with van der Waals surface area (Å²) in [5, 5.41) is 2.00. The van der Waals surface area contributed by atoms with Gasteiger partial charge in [-0.2, -0.15) is 0 Å². The molecule has 3 heterocycles. The predicted molar refractivity (Wildman–Crippen MR) is 91.2 cm³/mol. The van der Waals surface area contributed by atoms with Gasteiger partial charge < -0.3 is 14.2 Å². The number of thiophene rings is 1. The Balaban J connectivity index is 1.75. The zero-order valence-corrected chi connectivity index (χ0v) is 14.3. The van der Waals surface area contributed by atoms with Gasteiger partial charge in [-0.25, -0.2) is 4.98 Å². The Morgan fingerprint density at radius 1 is 1.57 bits per heavy atom. The van der Waals surface area contributed by atoms with Gasteiger partial charge in [-0.05, 0) is 24.4 Å². The van der Waals surface area contributed by atoms with Gasteiger partial charge in [0.2, 0.25) is 5.91 Å². The van der Waals surface area contributed by atoms with Crippen molar-refractivity contribution < 1.29 is 9.53 Å². The lowest BCUT2D eigenvalue weighted by Gasteiger charge is -2.32. The summed E-state index contributed by atoms with van der Waals surface area (Å²) in [6.07, 6.45) is 5.34. The topological polar surface area (TPSA) is 47.4 Å². The average Bonchev–Trinajstić information content (AvgIpc) is 3.20. The smallest absolute Gasteiger partial charge is 0.246 e. The van der Waals surface area contributed by atoms with Crippen LogP contribution in [0.4, 0.5) is 0 Å². The second-order valence-corrected chi connectivity index (χ2v) is 6.59. The van der Waals surface area contributed by atoms with Crippen LogP contribution in [-0.4, -0.2) is 40.1 Å². The molecule has 0 spiro atoms. The van der Waals surface area contributed by atoms with Crippen LogP contribution in [0.5, 0.6) is 0 Å². The SMILES string of the molecule is CCOCC1CN(C(=O)/C=C/c2cccs2)Cc2ncn(C)c21. The van der Waals surface area contributed by atoms with Crippen LogP contribution < -0.4 is 0 Å². The van der Waals surface area contributed by atoms with Gasteiger partial charge in [-0.3, -0.25) is 4.79 Å². The summed E-state index contributed by atoms with van der Waals surface area (Å²) in [4.78, 5) is 19.9. The van der Waals surface area contributed by atoms with E-state index in [0.29, 0.717) is 26.3 Å². The predicted octanol–water partition coefficient (Wildman–Crippen LogP) is 2.66. The standard InChI is InChI=1S/C17H21N3O2S/c1-3-22-11-13-9-20(10-15-17(13)19(2)12-18-15)16(21)7-6-14-5-4-8-23-14/h4-8,12-13H,3,9-11H2,1-2H3/b7-6+. The normalized spacial score (nSPS) is 17.7. The Morgan fingerprint density at radius 2 is 2.43 bits per heavy atom. The number of hydrogen-bond acceptors (Lipinski definition) is 4. The highest BCUT2D eigenvalue weighted by Crippen LogP contribution is 2.28. The zero-order valence-electron chi connectivity index (χ0n) is 13.4. The van der Waals surface area contributed by atoms with Crippen molar-refractivity contribution in [1.82, 2.24) is 14.5 Å². The van der Waals surface area contributed by atoms with Crippen molar-refractivity contribution in [3.8, 4) is 0 Å². The summed E-state index contributed by atoms with van der Waals surface area (Å²) in [5.41, 5.74) is 2.16. The van der Waals surface area contributed by atoms with Crippen molar-refractivity contribution >= 4 is 23.3 Å². The zero-order chi connectivity index (χ0) is 16.2. The summed E-state index contributed by atoms with van der Waals surface area (Å²) in [5.74, 6) is 0.196. The maximum Gasteiger partial charge on any atom is 0.246 e. The lowest BCUT2D eigenvalue weighted by atomic mass is 9.99. The molecular formula is C17H21N3O2S. The van der Waals surface area contributed by atoms with Gasteiger partial charge in [-0.15, -0.1) is 11.3 Å². The molecule has 0 radical (unpaired) electrons. The molecule has 1 amide bonds. The van der Waals surface area contributed by atoms with E-state index in [4.69, 9.17) is 4.74 Å². The minimum absolute atomic E-state index is 0.0243. The fraction of sp³-hybridized carbons (Fsp3) is 0.412. The fourth-order valence-electron chi connectivity index (χ4n) is 2.94. The third-order valence-electron chi connectivity index (χ3n) is 4.00. The first-order valence-corrected chi connectivity index (χ1v) is 8.65. The average molecular weight is 331 g/mol. The quantitative estimate of drug-likeness (QED) is 0.792. The van der Waals surface area contributed by atoms with Crippen LogP contribution in [0.15, 0.2) is 29.9 Å². The Bertz CT molecular complexity index is 691. The van der Waals surface area contributed by atoms with Gasteiger partial charge >= 0.3 is 0 Å². The second kappa shape index (κ2) is 7.10.